The van der Waals surface area contributed by atoms with Gasteiger partial charge in [0.2, 0.25) is 0 Å². The van der Waals surface area contributed by atoms with Crippen LogP contribution in [-0.2, 0) is 14.3 Å². The summed E-state index contributed by atoms with van der Waals surface area (Å²) < 4.78 is 5.04. The minimum atomic E-state index is -1.09. The average molecular weight is 401 g/mol. The number of carbonyl (C=O) groups is 3. The summed E-state index contributed by atoms with van der Waals surface area (Å²) in [7, 11) is 0. The molecule has 28 heavy (non-hydrogen) atoms. The van der Waals surface area contributed by atoms with Gasteiger partial charge < -0.3 is 10.1 Å². The minimum Gasteiger partial charge on any atom is -0.449 e. The van der Waals surface area contributed by atoms with Crippen LogP contribution >= 0.6 is 11.3 Å². The second-order valence-electron chi connectivity index (χ2n) is 7.17. The van der Waals surface area contributed by atoms with E-state index in [2.05, 4.69) is 10.6 Å². The molecule has 0 aliphatic carbocycles. The molecule has 3 amide bonds. The SMILES string of the molecule is C[C@H](OC(=O)/C=C/c1ccc(-c2ccccc2)s1)C(=O)NC(=O)NC(C)(C)C. The van der Waals surface area contributed by atoms with E-state index < -0.39 is 29.6 Å². The quantitative estimate of drug-likeness (QED) is 0.587. The monoisotopic (exact) mass is 400 g/mol. The third kappa shape index (κ3) is 7.00. The van der Waals surface area contributed by atoms with Gasteiger partial charge in [0.05, 0.1) is 0 Å². The lowest BCUT2D eigenvalue weighted by Crippen LogP contribution is -2.50. The molecule has 1 heterocycles. The van der Waals surface area contributed by atoms with Crippen LogP contribution in [-0.4, -0.2) is 29.6 Å². The number of benzene rings is 1. The van der Waals surface area contributed by atoms with Crippen LogP contribution in [0.4, 0.5) is 4.79 Å². The van der Waals surface area contributed by atoms with E-state index in [4.69, 9.17) is 4.74 Å². The van der Waals surface area contributed by atoms with Crippen LogP contribution in [0.2, 0.25) is 0 Å². The van der Waals surface area contributed by atoms with Gasteiger partial charge >= 0.3 is 12.0 Å². The Hall–Kier alpha value is -2.93. The van der Waals surface area contributed by atoms with E-state index in [1.54, 1.807) is 38.2 Å². The summed E-state index contributed by atoms with van der Waals surface area (Å²) in [5.74, 6) is -1.35. The predicted molar refractivity (Wildman–Crippen MR) is 111 cm³/mol. The standard InChI is InChI=1S/C21H24N2O4S/c1-14(19(25)22-20(26)23-21(2,3)4)27-18(24)13-11-16-10-12-17(28-16)15-8-6-5-7-9-15/h5-14H,1-4H3,(H2,22,23,25,26)/b13-11+/t14-/m0/s1. The Morgan fingerprint density at radius 1 is 1.07 bits per heavy atom. The molecule has 1 aromatic heterocycles. The van der Waals surface area contributed by atoms with Gasteiger partial charge in [0, 0.05) is 21.4 Å². The number of hydrogen-bond donors (Lipinski definition) is 2. The van der Waals surface area contributed by atoms with Gasteiger partial charge in [0.15, 0.2) is 6.10 Å². The van der Waals surface area contributed by atoms with Crippen molar-refractivity contribution < 1.29 is 19.1 Å². The molecule has 0 radical (unpaired) electrons. The van der Waals surface area contributed by atoms with Gasteiger partial charge in [-0.2, -0.15) is 0 Å². The first-order valence-corrected chi connectivity index (χ1v) is 9.63. The Morgan fingerprint density at radius 3 is 2.39 bits per heavy atom. The van der Waals surface area contributed by atoms with Gasteiger partial charge in [-0.3, -0.25) is 10.1 Å². The lowest BCUT2D eigenvalue weighted by atomic mass is 10.1. The Labute approximate surface area is 168 Å². The number of esters is 1. The van der Waals surface area contributed by atoms with Gasteiger partial charge in [0.1, 0.15) is 0 Å². The molecule has 148 valence electrons. The van der Waals surface area contributed by atoms with Gasteiger partial charge in [-0.1, -0.05) is 30.3 Å². The molecule has 1 atom stereocenters. The van der Waals surface area contributed by atoms with Crippen molar-refractivity contribution in [2.45, 2.75) is 39.3 Å². The number of imide groups is 1. The fourth-order valence-corrected chi connectivity index (χ4v) is 3.12. The van der Waals surface area contributed by atoms with Crippen molar-refractivity contribution in [2.75, 3.05) is 0 Å². The van der Waals surface area contributed by atoms with E-state index in [-0.39, 0.29) is 0 Å². The van der Waals surface area contributed by atoms with Crippen molar-refractivity contribution in [3.05, 3.63) is 53.4 Å². The van der Waals surface area contributed by atoms with Crippen molar-refractivity contribution in [3.8, 4) is 10.4 Å². The summed E-state index contributed by atoms with van der Waals surface area (Å²) >= 11 is 1.54. The second kappa shape index (κ2) is 9.32. The van der Waals surface area contributed by atoms with Gasteiger partial charge in [0.25, 0.3) is 5.91 Å². The number of nitrogens with one attached hydrogen (secondary N) is 2. The maximum absolute atomic E-state index is 11.9. The number of ether oxygens (including phenoxy) is 1. The zero-order chi connectivity index (χ0) is 20.7. The highest BCUT2D eigenvalue weighted by Crippen LogP contribution is 2.28. The van der Waals surface area contributed by atoms with Gasteiger partial charge in [-0.15, -0.1) is 11.3 Å². The maximum atomic E-state index is 11.9. The highest BCUT2D eigenvalue weighted by atomic mass is 32.1. The molecule has 0 aliphatic rings. The molecule has 7 heteroatoms. The number of rotatable bonds is 5. The van der Waals surface area contributed by atoms with Crippen molar-refractivity contribution in [3.63, 3.8) is 0 Å². The Balaban J connectivity index is 1.87. The van der Waals surface area contributed by atoms with Crippen molar-refractivity contribution in [1.82, 2.24) is 10.6 Å². The normalized spacial score (nSPS) is 12.4. The molecule has 0 bridgehead atoms. The fraction of sp³-hybridized carbons (Fsp3) is 0.286. The molecular weight excluding hydrogens is 376 g/mol. The van der Waals surface area contributed by atoms with Crippen molar-refractivity contribution in [2.24, 2.45) is 0 Å². The number of thiophene rings is 1. The van der Waals surface area contributed by atoms with E-state index in [1.165, 1.54) is 13.0 Å². The molecule has 0 spiro atoms. The Morgan fingerprint density at radius 2 is 1.75 bits per heavy atom. The van der Waals surface area contributed by atoms with E-state index in [0.717, 1.165) is 15.3 Å². The molecule has 2 aromatic rings. The Bertz CT molecular complexity index is 866. The lowest BCUT2D eigenvalue weighted by Gasteiger charge is -2.21. The summed E-state index contributed by atoms with van der Waals surface area (Å²) in [4.78, 5) is 37.5. The first-order valence-electron chi connectivity index (χ1n) is 8.81. The number of hydrogen-bond acceptors (Lipinski definition) is 5. The van der Waals surface area contributed by atoms with Crippen LogP contribution in [0, 0.1) is 0 Å². The van der Waals surface area contributed by atoms with Crippen LogP contribution < -0.4 is 10.6 Å². The molecule has 2 rings (SSSR count). The maximum Gasteiger partial charge on any atom is 0.331 e. The molecule has 6 nitrogen and oxygen atoms in total. The highest BCUT2D eigenvalue weighted by Gasteiger charge is 2.21. The number of urea groups is 1. The molecule has 0 saturated carbocycles. The molecule has 0 fully saturated rings. The predicted octanol–water partition coefficient (Wildman–Crippen LogP) is 3.98. The van der Waals surface area contributed by atoms with Crippen LogP contribution in [0.5, 0.6) is 0 Å². The average Bonchev–Trinajstić information content (AvgIpc) is 3.08. The molecule has 0 unspecified atom stereocenters. The summed E-state index contributed by atoms with van der Waals surface area (Å²) in [6, 6.07) is 13.2. The highest BCUT2D eigenvalue weighted by molar-refractivity contribution is 7.16. The third-order valence-corrected chi connectivity index (χ3v) is 4.56. The zero-order valence-corrected chi connectivity index (χ0v) is 17.1. The number of amides is 3. The molecular formula is C21H24N2O4S. The van der Waals surface area contributed by atoms with E-state index >= 15 is 0 Å². The molecule has 0 aliphatic heterocycles. The molecule has 1 aromatic carbocycles. The summed E-state index contributed by atoms with van der Waals surface area (Å²) in [5, 5.41) is 4.75. The first-order chi connectivity index (χ1) is 13.1. The van der Waals surface area contributed by atoms with Crippen LogP contribution in [0.1, 0.15) is 32.6 Å². The first kappa shape index (κ1) is 21.4. The van der Waals surface area contributed by atoms with Gasteiger partial charge in [-0.05, 0) is 51.5 Å². The summed E-state index contributed by atoms with van der Waals surface area (Å²) in [6.07, 6.45) is 1.81. The Kier molecular flexibility index (Phi) is 7.12. The van der Waals surface area contributed by atoms with E-state index in [1.807, 2.05) is 42.5 Å². The van der Waals surface area contributed by atoms with Crippen molar-refractivity contribution >= 4 is 35.3 Å². The van der Waals surface area contributed by atoms with E-state index in [0.29, 0.717) is 0 Å². The topological polar surface area (TPSA) is 84.5 Å². The minimum absolute atomic E-state index is 0.480. The van der Waals surface area contributed by atoms with Gasteiger partial charge in [-0.25, -0.2) is 9.59 Å². The number of carbonyl (C=O) groups excluding carboxylic acids is 3. The fourth-order valence-electron chi connectivity index (χ4n) is 2.20. The second-order valence-corrected chi connectivity index (χ2v) is 8.29. The zero-order valence-electron chi connectivity index (χ0n) is 16.3. The van der Waals surface area contributed by atoms with Crippen LogP contribution in [0.25, 0.3) is 16.5 Å². The molecule has 0 saturated heterocycles. The summed E-state index contributed by atoms with van der Waals surface area (Å²) in [6.45, 7) is 6.78. The smallest absolute Gasteiger partial charge is 0.331 e. The third-order valence-electron chi connectivity index (χ3n) is 3.46. The largest absolute Gasteiger partial charge is 0.449 e. The molecule has 2 N–H and O–H groups in total. The van der Waals surface area contributed by atoms with Crippen LogP contribution in [0.15, 0.2) is 48.5 Å². The van der Waals surface area contributed by atoms with Crippen molar-refractivity contribution in [1.29, 1.82) is 0 Å². The lowest BCUT2D eigenvalue weighted by molar-refractivity contribution is -0.149. The van der Waals surface area contributed by atoms with E-state index in [9.17, 15) is 14.4 Å². The summed E-state index contributed by atoms with van der Waals surface area (Å²) in [5.41, 5.74) is 0.625. The van der Waals surface area contributed by atoms with Crippen LogP contribution in [0.3, 0.4) is 0 Å².